The van der Waals surface area contributed by atoms with Gasteiger partial charge >= 0.3 is 0 Å². The Morgan fingerprint density at radius 2 is 2.33 bits per heavy atom. The molecule has 0 aliphatic heterocycles. The van der Waals surface area contributed by atoms with Gasteiger partial charge in [0.2, 0.25) is 5.91 Å². The van der Waals surface area contributed by atoms with Crippen molar-refractivity contribution in [3.63, 3.8) is 0 Å². The van der Waals surface area contributed by atoms with Crippen molar-refractivity contribution in [3.8, 4) is 6.07 Å². The third-order valence-corrected chi connectivity index (χ3v) is 2.09. The normalized spacial score (nSPS) is 10.1. The highest BCUT2D eigenvalue weighted by molar-refractivity contribution is 6.32. The molecule has 1 rings (SSSR count). The first-order valence-electron chi connectivity index (χ1n) is 4.28. The number of benzene rings is 1. The van der Waals surface area contributed by atoms with Gasteiger partial charge in [-0.05, 0) is 23.8 Å². The van der Waals surface area contributed by atoms with E-state index in [1.807, 2.05) is 6.07 Å². The minimum atomic E-state index is -0.404. The van der Waals surface area contributed by atoms with E-state index in [1.165, 1.54) is 0 Å². The van der Waals surface area contributed by atoms with E-state index in [4.69, 9.17) is 22.6 Å². The summed E-state index contributed by atoms with van der Waals surface area (Å²) in [6.45, 7) is 0. The Morgan fingerprint density at radius 1 is 1.60 bits per heavy atom. The maximum absolute atomic E-state index is 10.5. The Hall–Kier alpha value is -1.79. The minimum Gasteiger partial charge on any atom is -0.369 e. The molecule has 1 aromatic carbocycles. The lowest BCUT2D eigenvalue weighted by Crippen LogP contribution is -2.07. The number of primary amides is 1. The quantitative estimate of drug-likeness (QED) is 0.848. The van der Waals surface area contributed by atoms with Crippen LogP contribution < -0.4 is 5.73 Å². The van der Waals surface area contributed by atoms with E-state index < -0.39 is 5.91 Å². The Kier molecular flexibility index (Phi) is 3.90. The van der Waals surface area contributed by atoms with Crippen LogP contribution in [0.2, 0.25) is 5.02 Å². The summed E-state index contributed by atoms with van der Waals surface area (Å²) in [5, 5.41) is 9.21. The van der Waals surface area contributed by atoms with E-state index in [9.17, 15) is 4.79 Å². The van der Waals surface area contributed by atoms with Crippen molar-refractivity contribution in [2.75, 3.05) is 0 Å². The summed E-state index contributed by atoms with van der Waals surface area (Å²) < 4.78 is 0. The first-order chi connectivity index (χ1) is 7.13. The molecule has 0 atom stereocenters. The predicted octanol–water partition coefficient (Wildman–Crippen LogP) is 2.10. The molecule has 15 heavy (non-hydrogen) atoms. The van der Waals surface area contributed by atoms with Crippen LogP contribution in [0.25, 0.3) is 6.08 Å². The van der Waals surface area contributed by atoms with Crippen molar-refractivity contribution in [1.29, 1.82) is 5.26 Å². The van der Waals surface area contributed by atoms with Crippen molar-refractivity contribution >= 4 is 23.6 Å². The van der Waals surface area contributed by atoms with Crippen molar-refractivity contribution in [1.82, 2.24) is 0 Å². The van der Waals surface area contributed by atoms with Crippen molar-refractivity contribution in [2.45, 2.75) is 6.42 Å². The topological polar surface area (TPSA) is 66.9 Å². The first-order valence-corrected chi connectivity index (χ1v) is 4.66. The number of hydrogen-bond donors (Lipinski definition) is 1. The van der Waals surface area contributed by atoms with E-state index >= 15 is 0 Å². The number of nitriles is 1. The number of nitrogens with zero attached hydrogens (tertiary/aromatic N) is 1. The van der Waals surface area contributed by atoms with Gasteiger partial charge < -0.3 is 5.73 Å². The standard InChI is InChI=1S/C11H9ClN2O/c12-10-5-4-8(7-13)6-9(10)2-1-3-11(14)15/h1-2,4-6H,3H2,(H2,14,15). The molecule has 0 radical (unpaired) electrons. The van der Waals surface area contributed by atoms with Crippen molar-refractivity contribution < 1.29 is 4.79 Å². The summed E-state index contributed by atoms with van der Waals surface area (Å²) in [6.07, 6.45) is 3.45. The monoisotopic (exact) mass is 220 g/mol. The second kappa shape index (κ2) is 5.18. The number of amides is 1. The van der Waals surface area contributed by atoms with Gasteiger partial charge in [0.15, 0.2) is 0 Å². The van der Waals surface area contributed by atoms with Gasteiger partial charge in [-0.25, -0.2) is 0 Å². The average Bonchev–Trinajstić information content (AvgIpc) is 2.20. The fourth-order valence-electron chi connectivity index (χ4n) is 1.04. The Morgan fingerprint density at radius 3 is 2.93 bits per heavy atom. The summed E-state index contributed by atoms with van der Waals surface area (Å²) in [5.74, 6) is -0.404. The Balaban J connectivity index is 2.89. The van der Waals surface area contributed by atoms with Gasteiger partial charge in [-0.15, -0.1) is 0 Å². The molecule has 0 unspecified atom stereocenters. The van der Waals surface area contributed by atoms with Crippen LogP contribution in [0.5, 0.6) is 0 Å². The zero-order valence-corrected chi connectivity index (χ0v) is 8.66. The van der Waals surface area contributed by atoms with Crippen molar-refractivity contribution in [3.05, 3.63) is 40.4 Å². The molecule has 3 nitrogen and oxygen atoms in total. The van der Waals surface area contributed by atoms with Gasteiger partial charge in [-0.3, -0.25) is 4.79 Å². The van der Waals surface area contributed by atoms with Gasteiger partial charge in [0, 0.05) is 11.4 Å². The zero-order chi connectivity index (χ0) is 11.3. The van der Waals surface area contributed by atoms with Crippen LogP contribution in [0.1, 0.15) is 17.5 Å². The summed E-state index contributed by atoms with van der Waals surface area (Å²) >= 11 is 5.89. The van der Waals surface area contributed by atoms with Gasteiger partial charge in [0.25, 0.3) is 0 Å². The van der Waals surface area contributed by atoms with Crippen LogP contribution in [-0.4, -0.2) is 5.91 Å². The van der Waals surface area contributed by atoms with Gasteiger partial charge in [0.1, 0.15) is 0 Å². The lowest BCUT2D eigenvalue weighted by Gasteiger charge is -1.97. The molecule has 0 aliphatic carbocycles. The lowest BCUT2D eigenvalue weighted by atomic mass is 10.1. The lowest BCUT2D eigenvalue weighted by molar-refractivity contribution is -0.117. The van der Waals surface area contributed by atoms with Crippen molar-refractivity contribution in [2.24, 2.45) is 5.73 Å². The van der Waals surface area contributed by atoms with Gasteiger partial charge in [-0.1, -0.05) is 23.8 Å². The SMILES string of the molecule is N#Cc1ccc(Cl)c(C=CCC(N)=O)c1. The molecular formula is C11H9ClN2O. The molecule has 2 N–H and O–H groups in total. The molecule has 4 heteroatoms. The molecule has 76 valence electrons. The molecule has 0 saturated heterocycles. The highest BCUT2D eigenvalue weighted by Crippen LogP contribution is 2.18. The molecule has 0 heterocycles. The second-order valence-corrected chi connectivity index (χ2v) is 3.33. The van der Waals surface area contributed by atoms with E-state index in [0.29, 0.717) is 16.1 Å². The molecular weight excluding hydrogens is 212 g/mol. The van der Waals surface area contributed by atoms with Crippen LogP contribution in [0.4, 0.5) is 0 Å². The molecule has 1 aromatic rings. The Bertz CT molecular complexity index is 446. The van der Waals surface area contributed by atoms with Crippen LogP contribution >= 0.6 is 11.6 Å². The third kappa shape index (κ3) is 3.45. The number of carbonyl (C=O) groups is 1. The van der Waals surface area contributed by atoms with E-state index in [0.717, 1.165) is 0 Å². The molecule has 0 saturated carbocycles. The van der Waals surface area contributed by atoms with E-state index in [-0.39, 0.29) is 6.42 Å². The smallest absolute Gasteiger partial charge is 0.221 e. The second-order valence-electron chi connectivity index (χ2n) is 2.92. The number of carbonyl (C=O) groups excluding carboxylic acids is 1. The number of nitrogens with two attached hydrogens (primary N) is 1. The zero-order valence-electron chi connectivity index (χ0n) is 7.90. The summed E-state index contributed by atoms with van der Waals surface area (Å²) in [4.78, 5) is 10.5. The molecule has 1 amide bonds. The van der Waals surface area contributed by atoms with Gasteiger partial charge in [0.05, 0.1) is 11.6 Å². The fourth-order valence-corrected chi connectivity index (χ4v) is 1.22. The van der Waals surface area contributed by atoms with Crippen LogP contribution in [0, 0.1) is 11.3 Å². The molecule has 0 bridgehead atoms. The predicted molar refractivity (Wildman–Crippen MR) is 59.0 cm³/mol. The summed E-state index contributed by atoms with van der Waals surface area (Å²) in [5.41, 5.74) is 6.21. The highest BCUT2D eigenvalue weighted by atomic mass is 35.5. The first kappa shape index (κ1) is 11.3. The van der Waals surface area contributed by atoms with Crippen LogP contribution in [-0.2, 0) is 4.79 Å². The summed E-state index contributed by atoms with van der Waals surface area (Å²) in [6, 6.07) is 6.94. The number of halogens is 1. The molecule has 0 aromatic heterocycles. The Labute approximate surface area is 92.8 Å². The average molecular weight is 221 g/mol. The fraction of sp³-hybridized carbons (Fsp3) is 0.0909. The highest BCUT2D eigenvalue weighted by Gasteiger charge is 1.98. The van der Waals surface area contributed by atoms with E-state index in [1.54, 1.807) is 30.4 Å². The maximum Gasteiger partial charge on any atom is 0.221 e. The van der Waals surface area contributed by atoms with Crippen LogP contribution in [0.3, 0.4) is 0 Å². The largest absolute Gasteiger partial charge is 0.369 e. The van der Waals surface area contributed by atoms with Crippen LogP contribution in [0.15, 0.2) is 24.3 Å². The van der Waals surface area contributed by atoms with Gasteiger partial charge in [-0.2, -0.15) is 5.26 Å². The minimum absolute atomic E-state index is 0.160. The number of hydrogen-bond acceptors (Lipinski definition) is 2. The van der Waals surface area contributed by atoms with E-state index in [2.05, 4.69) is 0 Å². The number of rotatable bonds is 3. The molecule has 0 spiro atoms. The maximum atomic E-state index is 10.5. The summed E-state index contributed by atoms with van der Waals surface area (Å²) in [7, 11) is 0. The molecule has 0 aliphatic rings. The third-order valence-electron chi connectivity index (χ3n) is 1.74. The molecule has 0 fully saturated rings.